The molecule has 0 unspecified atom stereocenters. The Labute approximate surface area is 95.7 Å². The Hall–Kier alpha value is -0.940. The topological polar surface area (TPSA) is 46.2 Å². The molecule has 0 heterocycles. The fraction of sp³-hybridized carbons (Fsp3) is 0.455. The number of hydrogen-bond acceptors (Lipinski definition) is 2. The first-order valence-electron chi connectivity index (χ1n) is 4.92. The molecule has 0 aliphatic heterocycles. The van der Waals surface area contributed by atoms with Crippen LogP contribution in [0.4, 0.5) is 4.48 Å². The minimum Gasteiger partial charge on any atom is -0.205 e. The summed E-state index contributed by atoms with van der Waals surface area (Å²) in [6, 6.07) is 4.59. The Balaban J connectivity index is 3.40. The van der Waals surface area contributed by atoms with Crippen LogP contribution in [0.3, 0.4) is 0 Å². The van der Waals surface area contributed by atoms with Crippen LogP contribution in [0.1, 0.15) is 31.9 Å². The third-order valence-electron chi connectivity index (χ3n) is 2.43. The summed E-state index contributed by atoms with van der Waals surface area (Å²) in [5.74, 6) is 0. The van der Waals surface area contributed by atoms with Crippen molar-refractivity contribution in [3.8, 4) is 0 Å². The summed E-state index contributed by atoms with van der Waals surface area (Å²) >= 11 is 0. The summed E-state index contributed by atoms with van der Waals surface area (Å²) in [4.78, 5) is 0.778. The summed E-state index contributed by atoms with van der Waals surface area (Å²) in [7, 11) is -4.01. The summed E-state index contributed by atoms with van der Waals surface area (Å²) in [5, 5.41) is 0. The zero-order valence-electron chi connectivity index (χ0n) is 9.83. The molecule has 3 nitrogen and oxygen atoms in total. The van der Waals surface area contributed by atoms with Crippen molar-refractivity contribution in [2.75, 3.05) is 0 Å². The molecule has 0 aliphatic rings. The molecule has 0 saturated carbocycles. The van der Waals surface area contributed by atoms with Crippen molar-refractivity contribution < 1.29 is 12.9 Å². The van der Waals surface area contributed by atoms with Crippen molar-refractivity contribution >= 4 is 10.0 Å². The Kier molecular flexibility index (Phi) is 3.40. The van der Waals surface area contributed by atoms with E-state index in [-0.39, 0.29) is 10.3 Å². The van der Waals surface area contributed by atoms with Gasteiger partial charge in [-0.2, -0.15) is 0 Å². The van der Waals surface area contributed by atoms with Crippen LogP contribution >= 0.6 is 0 Å². The number of benzene rings is 1. The van der Waals surface area contributed by atoms with E-state index in [9.17, 15) is 12.9 Å². The lowest BCUT2D eigenvalue weighted by molar-refractivity contribution is 0.425. The van der Waals surface area contributed by atoms with Gasteiger partial charge in [0.2, 0.25) is 0 Å². The standard InChI is InChI=1S/C11H16FNO2S/c1-8-5-6-9(16(14,15)13-12)7-10(8)11(2,3)4/h5-7,13H,1-4H3. The van der Waals surface area contributed by atoms with E-state index in [1.807, 2.05) is 27.7 Å². The largest absolute Gasteiger partial charge is 0.266 e. The third-order valence-corrected chi connectivity index (χ3v) is 3.51. The first-order valence-corrected chi connectivity index (χ1v) is 6.40. The first kappa shape index (κ1) is 13.1. The molecule has 16 heavy (non-hydrogen) atoms. The summed E-state index contributed by atoms with van der Waals surface area (Å²) < 4.78 is 34.8. The van der Waals surface area contributed by atoms with Gasteiger partial charge in [0.15, 0.2) is 0 Å². The number of aryl methyl sites for hydroxylation is 1. The number of nitrogens with one attached hydrogen (secondary N) is 1. The Morgan fingerprint density at radius 3 is 2.25 bits per heavy atom. The molecule has 0 saturated heterocycles. The highest BCUT2D eigenvalue weighted by Gasteiger charge is 2.20. The SMILES string of the molecule is Cc1ccc(S(=O)(=O)NF)cc1C(C)(C)C. The van der Waals surface area contributed by atoms with Crippen LogP contribution in [0.5, 0.6) is 0 Å². The fourth-order valence-corrected chi connectivity index (χ4v) is 2.23. The molecule has 0 aromatic heterocycles. The van der Waals surface area contributed by atoms with E-state index in [4.69, 9.17) is 0 Å². The van der Waals surface area contributed by atoms with Crippen LogP contribution in [-0.2, 0) is 15.4 Å². The van der Waals surface area contributed by atoms with Crippen molar-refractivity contribution in [2.45, 2.75) is 38.0 Å². The van der Waals surface area contributed by atoms with E-state index in [0.717, 1.165) is 16.1 Å². The Morgan fingerprint density at radius 1 is 1.25 bits per heavy atom. The van der Waals surface area contributed by atoms with Gasteiger partial charge in [0.05, 0.1) is 4.90 Å². The van der Waals surface area contributed by atoms with Gasteiger partial charge in [0.1, 0.15) is 0 Å². The Bertz CT molecular complexity index is 489. The molecular weight excluding hydrogens is 229 g/mol. The zero-order chi connectivity index (χ0) is 12.6. The van der Waals surface area contributed by atoms with Gasteiger partial charge in [0, 0.05) is 0 Å². The zero-order valence-corrected chi connectivity index (χ0v) is 10.7. The lowest BCUT2D eigenvalue weighted by Gasteiger charge is -2.22. The van der Waals surface area contributed by atoms with Gasteiger partial charge in [-0.3, -0.25) is 0 Å². The van der Waals surface area contributed by atoms with Crippen molar-refractivity contribution in [2.24, 2.45) is 0 Å². The van der Waals surface area contributed by atoms with E-state index >= 15 is 0 Å². The minimum atomic E-state index is -4.01. The predicted octanol–water partition coefficient (Wildman–Crippen LogP) is 2.46. The number of hydrogen-bond donors (Lipinski definition) is 1. The monoisotopic (exact) mass is 245 g/mol. The molecule has 0 bridgehead atoms. The van der Waals surface area contributed by atoms with Gasteiger partial charge in [-0.25, -0.2) is 8.42 Å². The molecule has 0 fully saturated rings. The van der Waals surface area contributed by atoms with Crippen molar-refractivity contribution in [1.29, 1.82) is 0 Å². The maximum Gasteiger partial charge on any atom is 0.266 e. The average Bonchev–Trinajstić information content (AvgIpc) is 2.16. The summed E-state index contributed by atoms with van der Waals surface area (Å²) in [5.41, 5.74) is 1.71. The normalized spacial score (nSPS) is 12.8. The van der Waals surface area contributed by atoms with Crippen LogP contribution in [0.2, 0.25) is 0 Å². The number of rotatable bonds is 2. The summed E-state index contributed by atoms with van der Waals surface area (Å²) in [6.07, 6.45) is 0. The molecule has 1 rings (SSSR count). The smallest absolute Gasteiger partial charge is 0.205 e. The van der Waals surface area contributed by atoms with E-state index in [0.29, 0.717) is 0 Å². The molecule has 0 radical (unpaired) electrons. The molecule has 0 atom stereocenters. The molecule has 1 aromatic carbocycles. The molecule has 0 amide bonds. The Morgan fingerprint density at radius 2 is 1.81 bits per heavy atom. The van der Waals surface area contributed by atoms with Crippen molar-refractivity contribution in [3.63, 3.8) is 0 Å². The summed E-state index contributed by atoms with van der Waals surface area (Å²) in [6.45, 7) is 7.84. The second kappa shape index (κ2) is 4.14. The lowest BCUT2D eigenvalue weighted by atomic mass is 9.84. The molecule has 1 N–H and O–H groups in total. The highest BCUT2D eigenvalue weighted by Crippen LogP contribution is 2.27. The van der Waals surface area contributed by atoms with Crippen LogP contribution in [-0.4, -0.2) is 8.42 Å². The highest BCUT2D eigenvalue weighted by atomic mass is 32.2. The van der Waals surface area contributed by atoms with E-state index in [1.165, 1.54) is 12.1 Å². The lowest BCUT2D eigenvalue weighted by Crippen LogP contribution is -2.18. The first-order chi connectivity index (χ1) is 7.18. The van der Waals surface area contributed by atoms with Crippen LogP contribution in [0.15, 0.2) is 23.1 Å². The van der Waals surface area contributed by atoms with Gasteiger partial charge >= 0.3 is 0 Å². The van der Waals surface area contributed by atoms with Gasteiger partial charge in [-0.15, -0.1) is 4.48 Å². The van der Waals surface area contributed by atoms with E-state index < -0.39 is 10.0 Å². The molecular formula is C11H16FNO2S. The molecule has 0 spiro atoms. The van der Waals surface area contributed by atoms with Crippen LogP contribution < -0.4 is 4.94 Å². The van der Waals surface area contributed by atoms with E-state index in [2.05, 4.69) is 0 Å². The number of halogens is 1. The molecule has 0 aliphatic carbocycles. The molecule has 90 valence electrons. The third kappa shape index (κ3) is 2.59. The number of sulfonamides is 1. The van der Waals surface area contributed by atoms with E-state index in [1.54, 1.807) is 6.07 Å². The van der Waals surface area contributed by atoms with Gasteiger partial charge < -0.3 is 0 Å². The molecule has 5 heteroatoms. The minimum absolute atomic E-state index is 0.0504. The van der Waals surface area contributed by atoms with Gasteiger partial charge in [-0.1, -0.05) is 26.8 Å². The average molecular weight is 245 g/mol. The second-order valence-corrected chi connectivity index (χ2v) is 6.44. The van der Waals surface area contributed by atoms with Crippen LogP contribution in [0, 0.1) is 6.92 Å². The quantitative estimate of drug-likeness (QED) is 0.813. The maximum absolute atomic E-state index is 12.1. The van der Waals surface area contributed by atoms with Gasteiger partial charge in [-0.05, 0) is 40.5 Å². The maximum atomic E-state index is 12.1. The van der Waals surface area contributed by atoms with Crippen molar-refractivity contribution in [1.82, 2.24) is 4.94 Å². The van der Waals surface area contributed by atoms with Crippen molar-refractivity contribution in [3.05, 3.63) is 29.3 Å². The second-order valence-electron chi connectivity index (χ2n) is 4.81. The van der Waals surface area contributed by atoms with Crippen LogP contribution in [0.25, 0.3) is 0 Å². The highest BCUT2D eigenvalue weighted by molar-refractivity contribution is 7.89. The predicted molar refractivity (Wildman–Crippen MR) is 61.3 cm³/mol. The molecule has 1 aromatic rings. The van der Waals surface area contributed by atoms with Gasteiger partial charge in [0.25, 0.3) is 10.0 Å². The fourth-order valence-electron chi connectivity index (χ4n) is 1.62.